The average Bonchev–Trinajstić information content (AvgIpc) is 2.88. The average molecular weight is 359 g/mol. The van der Waals surface area contributed by atoms with Crippen LogP contribution in [0.4, 0.5) is 4.39 Å². The van der Waals surface area contributed by atoms with Gasteiger partial charge in [-0.05, 0) is 43.7 Å². The van der Waals surface area contributed by atoms with Gasteiger partial charge in [-0.2, -0.15) is 5.10 Å². The van der Waals surface area contributed by atoms with Gasteiger partial charge >= 0.3 is 5.97 Å². The fourth-order valence-electron chi connectivity index (χ4n) is 2.51. The molecule has 0 radical (unpaired) electrons. The van der Waals surface area contributed by atoms with Crippen molar-refractivity contribution in [2.45, 2.75) is 20.5 Å². The number of hydrogen-bond acceptors (Lipinski definition) is 3. The maximum atomic E-state index is 13.1. The molecule has 0 bridgehead atoms. The smallest absolute Gasteiger partial charge is 0.343 e. The minimum absolute atomic E-state index is 0.137. The molecule has 0 spiro atoms. The standard InChI is InChI=1S/C19H16ClFN2O2/c1-12-4-3-5-14(10-12)11-25-19(24)17-13(2)22-23(18(17)20)16-8-6-15(21)7-9-16/h3-10H,11H2,1-2H3. The molecule has 2 aromatic carbocycles. The van der Waals surface area contributed by atoms with Gasteiger partial charge in [-0.25, -0.2) is 13.9 Å². The summed E-state index contributed by atoms with van der Waals surface area (Å²) in [5.41, 5.74) is 3.20. The van der Waals surface area contributed by atoms with E-state index in [-0.39, 0.29) is 23.1 Å². The first-order valence-electron chi connectivity index (χ1n) is 7.69. The zero-order chi connectivity index (χ0) is 18.0. The van der Waals surface area contributed by atoms with Crippen LogP contribution in [0.1, 0.15) is 27.2 Å². The van der Waals surface area contributed by atoms with Crippen LogP contribution in [0.5, 0.6) is 0 Å². The van der Waals surface area contributed by atoms with Crippen molar-refractivity contribution in [1.82, 2.24) is 9.78 Å². The summed E-state index contributed by atoms with van der Waals surface area (Å²) >= 11 is 6.31. The first-order valence-corrected chi connectivity index (χ1v) is 8.07. The lowest BCUT2D eigenvalue weighted by atomic mass is 10.1. The zero-order valence-electron chi connectivity index (χ0n) is 13.8. The first kappa shape index (κ1) is 17.2. The topological polar surface area (TPSA) is 44.1 Å². The quantitative estimate of drug-likeness (QED) is 0.638. The maximum absolute atomic E-state index is 13.1. The van der Waals surface area contributed by atoms with Crippen LogP contribution in [0.3, 0.4) is 0 Å². The van der Waals surface area contributed by atoms with Crippen LogP contribution < -0.4 is 0 Å². The third-order valence-corrected chi connectivity index (χ3v) is 4.08. The van der Waals surface area contributed by atoms with Crippen LogP contribution >= 0.6 is 11.6 Å². The van der Waals surface area contributed by atoms with Gasteiger partial charge in [-0.1, -0.05) is 41.4 Å². The number of rotatable bonds is 4. The Morgan fingerprint density at radius 3 is 2.60 bits per heavy atom. The van der Waals surface area contributed by atoms with Crippen LogP contribution in [0.25, 0.3) is 5.69 Å². The minimum atomic E-state index is -0.544. The monoisotopic (exact) mass is 358 g/mol. The Bertz CT molecular complexity index is 920. The first-order chi connectivity index (χ1) is 12.0. The van der Waals surface area contributed by atoms with E-state index < -0.39 is 5.97 Å². The fourth-order valence-corrected chi connectivity index (χ4v) is 2.86. The van der Waals surface area contributed by atoms with Gasteiger partial charge in [0, 0.05) is 0 Å². The molecule has 0 aliphatic carbocycles. The Hall–Kier alpha value is -2.66. The van der Waals surface area contributed by atoms with Gasteiger partial charge < -0.3 is 4.74 Å². The van der Waals surface area contributed by atoms with E-state index in [2.05, 4.69) is 5.10 Å². The third kappa shape index (κ3) is 3.72. The van der Waals surface area contributed by atoms with E-state index in [1.165, 1.54) is 28.9 Å². The normalized spacial score (nSPS) is 10.7. The molecule has 0 N–H and O–H groups in total. The number of aryl methyl sites for hydroxylation is 2. The second kappa shape index (κ2) is 7.07. The van der Waals surface area contributed by atoms with E-state index in [1.54, 1.807) is 6.92 Å². The van der Waals surface area contributed by atoms with Crippen LogP contribution in [0, 0.1) is 19.7 Å². The summed E-state index contributed by atoms with van der Waals surface area (Å²) < 4.78 is 19.8. The van der Waals surface area contributed by atoms with Crippen molar-refractivity contribution >= 4 is 17.6 Å². The van der Waals surface area contributed by atoms with Gasteiger partial charge in [0.1, 0.15) is 23.1 Å². The number of hydrogen-bond donors (Lipinski definition) is 0. The predicted octanol–water partition coefficient (Wildman–Crippen LogP) is 4.64. The van der Waals surface area contributed by atoms with Gasteiger partial charge in [-0.3, -0.25) is 0 Å². The molecule has 0 saturated carbocycles. The summed E-state index contributed by atoms with van der Waals surface area (Å²) in [7, 11) is 0. The lowest BCUT2D eigenvalue weighted by molar-refractivity contribution is 0.0472. The van der Waals surface area contributed by atoms with Crippen LogP contribution in [0.15, 0.2) is 48.5 Å². The molecule has 0 fully saturated rings. The largest absolute Gasteiger partial charge is 0.457 e. The van der Waals surface area contributed by atoms with E-state index in [9.17, 15) is 9.18 Å². The van der Waals surface area contributed by atoms with Crippen molar-refractivity contribution in [3.8, 4) is 5.69 Å². The molecule has 3 rings (SSSR count). The molecule has 0 saturated heterocycles. The molecule has 0 atom stereocenters. The van der Waals surface area contributed by atoms with Crippen LogP contribution in [0.2, 0.25) is 5.15 Å². The molecule has 0 unspecified atom stereocenters. The lowest BCUT2D eigenvalue weighted by Gasteiger charge is -2.06. The number of nitrogens with zero attached hydrogens (tertiary/aromatic N) is 2. The Labute approximate surface area is 149 Å². The van der Waals surface area contributed by atoms with Crippen molar-refractivity contribution in [1.29, 1.82) is 0 Å². The molecule has 1 aromatic heterocycles. The highest BCUT2D eigenvalue weighted by Gasteiger charge is 2.22. The van der Waals surface area contributed by atoms with Crippen molar-refractivity contribution < 1.29 is 13.9 Å². The molecule has 25 heavy (non-hydrogen) atoms. The summed E-state index contributed by atoms with van der Waals surface area (Å²) in [5, 5.41) is 4.40. The highest BCUT2D eigenvalue weighted by atomic mass is 35.5. The molecule has 0 amide bonds. The number of ether oxygens (including phenoxy) is 1. The summed E-state index contributed by atoms with van der Waals surface area (Å²) in [6.07, 6.45) is 0. The summed E-state index contributed by atoms with van der Waals surface area (Å²) in [5.74, 6) is -0.904. The van der Waals surface area contributed by atoms with E-state index in [0.29, 0.717) is 11.4 Å². The summed E-state index contributed by atoms with van der Waals surface area (Å²) in [6.45, 7) is 3.80. The number of halogens is 2. The van der Waals surface area contributed by atoms with Crippen molar-refractivity contribution in [3.05, 3.63) is 81.9 Å². The number of carbonyl (C=O) groups is 1. The highest BCUT2D eigenvalue weighted by Crippen LogP contribution is 2.24. The summed E-state index contributed by atoms with van der Waals surface area (Å²) in [4.78, 5) is 12.4. The molecule has 0 aliphatic rings. The molecular formula is C19H16ClFN2O2. The van der Waals surface area contributed by atoms with Gasteiger partial charge in [-0.15, -0.1) is 0 Å². The molecule has 128 valence electrons. The number of benzene rings is 2. The van der Waals surface area contributed by atoms with Gasteiger partial charge in [0.05, 0.1) is 11.4 Å². The maximum Gasteiger partial charge on any atom is 0.343 e. The van der Waals surface area contributed by atoms with Crippen molar-refractivity contribution in [3.63, 3.8) is 0 Å². The second-order valence-electron chi connectivity index (χ2n) is 5.70. The van der Waals surface area contributed by atoms with Crippen LogP contribution in [-0.2, 0) is 11.3 Å². The lowest BCUT2D eigenvalue weighted by Crippen LogP contribution is -2.07. The third-order valence-electron chi connectivity index (χ3n) is 3.73. The van der Waals surface area contributed by atoms with E-state index in [0.717, 1.165) is 11.1 Å². The fraction of sp³-hybridized carbons (Fsp3) is 0.158. The second-order valence-corrected chi connectivity index (χ2v) is 6.06. The minimum Gasteiger partial charge on any atom is -0.457 e. The zero-order valence-corrected chi connectivity index (χ0v) is 14.5. The SMILES string of the molecule is Cc1cccc(COC(=O)c2c(C)nn(-c3ccc(F)cc3)c2Cl)c1. The molecule has 4 nitrogen and oxygen atoms in total. The van der Waals surface area contributed by atoms with Gasteiger partial charge in [0.2, 0.25) is 0 Å². The van der Waals surface area contributed by atoms with E-state index in [1.807, 2.05) is 31.2 Å². The van der Waals surface area contributed by atoms with Gasteiger partial charge in [0.15, 0.2) is 0 Å². The van der Waals surface area contributed by atoms with Crippen LogP contribution in [-0.4, -0.2) is 15.7 Å². The van der Waals surface area contributed by atoms with E-state index in [4.69, 9.17) is 16.3 Å². The predicted molar refractivity (Wildman–Crippen MR) is 93.6 cm³/mol. The molecule has 0 aliphatic heterocycles. The Balaban J connectivity index is 1.82. The molecular weight excluding hydrogens is 343 g/mol. The van der Waals surface area contributed by atoms with E-state index >= 15 is 0 Å². The van der Waals surface area contributed by atoms with Crippen molar-refractivity contribution in [2.75, 3.05) is 0 Å². The number of esters is 1. The Morgan fingerprint density at radius 1 is 1.20 bits per heavy atom. The number of aromatic nitrogens is 2. The Morgan fingerprint density at radius 2 is 1.92 bits per heavy atom. The molecule has 3 aromatic rings. The highest BCUT2D eigenvalue weighted by molar-refractivity contribution is 6.33. The molecule has 1 heterocycles. The number of carbonyl (C=O) groups excluding carboxylic acids is 1. The van der Waals surface area contributed by atoms with Crippen molar-refractivity contribution in [2.24, 2.45) is 0 Å². The Kier molecular flexibility index (Phi) is 4.86. The van der Waals surface area contributed by atoms with Gasteiger partial charge in [0.25, 0.3) is 0 Å². The molecule has 6 heteroatoms. The summed E-state index contributed by atoms with van der Waals surface area (Å²) in [6, 6.07) is 13.4.